The summed E-state index contributed by atoms with van der Waals surface area (Å²) >= 11 is 0. The van der Waals surface area contributed by atoms with Gasteiger partial charge in [-0.2, -0.15) is 5.26 Å². The fraction of sp³-hybridized carbons (Fsp3) is 0.133. The number of rotatable bonds is 4. The van der Waals surface area contributed by atoms with Crippen LogP contribution < -0.4 is 10.5 Å². The lowest BCUT2D eigenvalue weighted by molar-refractivity contribution is 0.329. The average molecular weight is 254 g/mol. The molecule has 2 aromatic carbocycles. The largest absolute Gasteiger partial charge is 0.508 e. The van der Waals surface area contributed by atoms with Gasteiger partial charge in [-0.3, -0.25) is 0 Å². The Morgan fingerprint density at radius 2 is 2.05 bits per heavy atom. The van der Waals surface area contributed by atoms with Crippen molar-refractivity contribution in [2.75, 3.05) is 13.2 Å². The van der Waals surface area contributed by atoms with E-state index >= 15 is 0 Å². The topological polar surface area (TPSA) is 79.3 Å². The molecule has 0 radical (unpaired) electrons. The van der Waals surface area contributed by atoms with Crippen molar-refractivity contribution < 1.29 is 9.84 Å². The highest BCUT2D eigenvalue weighted by molar-refractivity contribution is 5.72. The van der Waals surface area contributed by atoms with Crippen molar-refractivity contribution in [3.63, 3.8) is 0 Å². The van der Waals surface area contributed by atoms with Crippen LogP contribution in [0, 0.1) is 11.3 Å². The number of hydrogen-bond donors (Lipinski definition) is 2. The van der Waals surface area contributed by atoms with Gasteiger partial charge in [0.25, 0.3) is 0 Å². The van der Waals surface area contributed by atoms with Crippen LogP contribution >= 0.6 is 0 Å². The molecule has 0 amide bonds. The van der Waals surface area contributed by atoms with Gasteiger partial charge in [0.2, 0.25) is 0 Å². The Morgan fingerprint density at radius 1 is 1.21 bits per heavy atom. The zero-order valence-corrected chi connectivity index (χ0v) is 10.3. The molecule has 0 fully saturated rings. The summed E-state index contributed by atoms with van der Waals surface area (Å²) in [5.41, 5.74) is 7.61. The molecule has 96 valence electrons. The van der Waals surface area contributed by atoms with Crippen LogP contribution in [-0.4, -0.2) is 18.3 Å². The highest BCUT2D eigenvalue weighted by Gasteiger charge is 2.08. The normalized spacial score (nSPS) is 9.89. The third-order valence-electron chi connectivity index (χ3n) is 2.64. The molecule has 0 aliphatic heterocycles. The van der Waals surface area contributed by atoms with E-state index in [0.29, 0.717) is 24.5 Å². The smallest absolute Gasteiger partial charge is 0.128 e. The number of ether oxygens (including phenoxy) is 1. The second-order valence-corrected chi connectivity index (χ2v) is 4.01. The number of hydrogen-bond acceptors (Lipinski definition) is 4. The fourth-order valence-electron chi connectivity index (χ4n) is 1.79. The lowest BCUT2D eigenvalue weighted by Crippen LogP contribution is -2.11. The second-order valence-electron chi connectivity index (χ2n) is 4.01. The molecular formula is C15H14N2O2. The molecule has 0 aromatic heterocycles. The van der Waals surface area contributed by atoms with E-state index in [-0.39, 0.29) is 5.75 Å². The molecule has 3 N–H and O–H groups in total. The summed E-state index contributed by atoms with van der Waals surface area (Å²) in [6.45, 7) is 0.775. The van der Waals surface area contributed by atoms with E-state index in [9.17, 15) is 5.11 Å². The molecular weight excluding hydrogens is 240 g/mol. The number of phenolic OH excluding ortho intramolecular Hbond substituents is 1. The standard InChI is InChI=1S/C15H14N2O2/c16-6-7-19-15-8-11(10-17)4-5-14(15)12-2-1-3-13(18)9-12/h1-5,8-9,18H,6-7,16H2. The maximum absolute atomic E-state index is 9.53. The van der Waals surface area contributed by atoms with Gasteiger partial charge in [0.15, 0.2) is 0 Å². The van der Waals surface area contributed by atoms with Gasteiger partial charge in [0.05, 0.1) is 11.6 Å². The van der Waals surface area contributed by atoms with E-state index in [4.69, 9.17) is 15.7 Å². The van der Waals surface area contributed by atoms with Crippen molar-refractivity contribution in [2.45, 2.75) is 0 Å². The molecule has 0 saturated carbocycles. The van der Waals surface area contributed by atoms with E-state index in [1.807, 2.05) is 6.07 Å². The van der Waals surface area contributed by atoms with Crippen molar-refractivity contribution in [1.82, 2.24) is 0 Å². The first kappa shape index (κ1) is 12.9. The van der Waals surface area contributed by atoms with Crippen LogP contribution in [-0.2, 0) is 0 Å². The van der Waals surface area contributed by atoms with Crippen LogP contribution in [0.5, 0.6) is 11.5 Å². The predicted molar refractivity (Wildman–Crippen MR) is 72.8 cm³/mol. The Hall–Kier alpha value is -2.51. The van der Waals surface area contributed by atoms with Crippen LogP contribution in [0.1, 0.15) is 5.56 Å². The zero-order chi connectivity index (χ0) is 13.7. The molecule has 0 atom stereocenters. The molecule has 19 heavy (non-hydrogen) atoms. The molecule has 0 bridgehead atoms. The summed E-state index contributed by atoms with van der Waals surface area (Å²) in [6.07, 6.45) is 0. The number of nitriles is 1. The zero-order valence-electron chi connectivity index (χ0n) is 10.3. The van der Waals surface area contributed by atoms with Crippen molar-refractivity contribution in [1.29, 1.82) is 5.26 Å². The Morgan fingerprint density at radius 3 is 2.74 bits per heavy atom. The quantitative estimate of drug-likeness (QED) is 0.877. The molecule has 0 aliphatic carbocycles. The maximum Gasteiger partial charge on any atom is 0.128 e. The van der Waals surface area contributed by atoms with E-state index in [0.717, 1.165) is 11.1 Å². The predicted octanol–water partition coefficient (Wildman–Crippen LogP) is 2.27. The number of benzene rings is 2. The van der Waals surface area contributed by atoms with Gasteiger partial charge >= 0.3 is 0 Å². The summed E-state index contributed by atoms with van der Waals surface area (Å²) in [4.78, 5) is 0. The first-order valence-corrected chi connectivity index (χ1v) is 5.91. The highest BCUT2D eigenvalue weighted by atomic mass is 16.5. The van der Waals surface area contributed by atoms with E-state index in [2.05, 4.69) is 6.07 Å². The van der Waals surface area contributed by atoms with Crippen LogP contribution in [0.3, 0.4) is 0 Å². The maximum atomic E-state index is 9.53. The van der Waals surface area contributed by atoms with Gasteiger partial charge in [0, 0.05) is 12.1 Å². The summed E-state index contributed by atoms with van der Waals surface area (Å²) in [7, 11) is 0. The Balaban J connectivity index is 2.46. The van der Waals surface area contributed by atoms with Crippen LogP contribution in [0.2, 0.25) is 0 Å². The average Bonchev–Trinajstić information content (AvgIpc) is 2.44. The fourth-order valence-corrected chi connectivity index (χ4v) is 1.79. The minimum atomic E-state index is 0.187. The third-order valence-corrected chi connectivity index (χ3v) is 2.64. The van der Waals surface area contributed by atoms with Crippen molar-refractivity contribution in [3.05, 3.63) is 48.0 Å². The monoisotopic (exact) mass is 254 g/mol. The summed E-state index contributed by atoms with van der Waals surface area (Å²) in [5.74, 6) is 0.779. The lowest BCUT2D eigenvalue weighted by atomic mass is 10.0. The summed E-state index contributed by atoms with van der Waals surface area (Å²) < 4.78 is 5.57. The molecule has 0 unspecified atom stereocenters. The minimum absolute atomic E-state index is 0.187. The van der Waals surface area contributed by atoms with Gasteiger partial charge in [-0.25, -0.2) is 0 Å². The third kappa shape index (κ3) is 3.03. The SMILES string of the molecule is N#Cc1ccc(-c2cccc(O)c2)c(OCCN)c1. The van der Waals surface area contributed by atoms with Gasteiger partial charge in [-0.05, 0) is 35.9 Å². The van der Waals surface area contributed by atoms with Crippen molar-refractivity contribution in [2.24, 2.45) is 5.73 Å². The molecule has 4 heteroatoms. The number of phenols is 1. The molecule has 2 rings (SSSR count). The molecule has 0 heterocycles. The van der Waals surface area contributed by atoms with Crippen LogP contribution in [0.15, 0.2) is 42.5 Å². The molecule has 2 aromatic rings. The number of nitrogens with zero attached hydrogens (tertiary/aromatic N) is 1. The number of nitrogens with two attached hydrogens (primary N) is 1. The molecule has 0 saturated heterocycles. The Bertz CT molecular complexity index is 618. The van der Waals surface area contributed by atoms with Crippen molar-refractivity contribution >= 4 is 0 Å². The molecule has 0 aliphatic rings. The van der Waals surface area contributed by atoms with Crippen molar-refractivity contribution in [3.8, 4) is 28.7 Å². The Kier molecular flexibility index (Phi) is 4.01. The van der Waals surface area contributed by atoms with Gasteiger partial charge in [-0.1, -0.05) is 12.1 Å². The summed E-state index contributed by atoms with van der Waals surface area (Å²) in [6, 6.07) is 14.2. The molecule has 0 spiro atoms. The van der Waals surface area contributed by atoms with Gasteiger partial charge in [-0.15, -0.1) is 0 Å². The summed E-state index contributed by atoms with van der Waals surface area (Å²) in [5, 5.41) is 18.5. The second kappa shape index (κ2) is 5.89. The minimum Gasteiger partial charge on any atom is -0.508 e. The first-order valence-electron chi connectivity index (χ1n) is 5.91. The van der Waals surface area contributed by atoms with E-state index < -0.39 is 0 Å². The highest BCUT2D eigenvalue weighted by Crippen LogP contribution is 2.32. The van der Waals surface area contributed by atoms with Gasteiger partial charge in [0.1, 0.15) is 18.1 Å². The Labute approximate surface area is 111 Å². The van der Waals surface area contributed by atoms with Crippen LogP contribution in [0.25, 0.3) is 11.1 Å². The van der Waals surface area contributed by atoms with Crippen LogP contribution in [0.4, 0.5) is 0 Å². The number of aromatic hydroxyl groups is 1. The molecule has 4 nitrogen and oxygen atoms in total. The first-order chi connectivity index (χ1) is 9.24. The lowest BCUT2D eigenvalue weighted by Gasteiger charge is -2.11. The van der Waals surface area contributed by atoms with Gasteiger partial charge < -0.3 is 15.6 Å². The van der Waals surface area contributed by atoms with E-state index in [1.54, 1.807) is 36.4 Å². The van der Waals surface area contributed by atoms with E-state index in [1.165, 1.54) is 0 Å².